The monoisotopic (exact) mass is 678 g/mol. The number of nitrogens with zero attached hydrogens (tertiary/aromatic N) is 5. The highest BCUT2D eigenvalue weighted by Crippen LogP contribution is 2.39. The standard InChI is InChI=1S/C30H40Cl2N8O4S/c1-38-10-5-11-39(15-14-38)20-8-12-40(13-9-20)27-18-28(44-3)26(17-22(27)31)35-30-33-19-23(32)29(36-30)34-25-16-21(43-2)6-7-24(25)37-45(4,41)42/h6-7,16-20,37H,5,8-15H2,1-4H3,(H2,33,34,35,36). The topological polar surface area (TPSA) is 124 Å². The Labute approximate surface area is 275 Å². The van der Waals surface area contributed by atoms with Gasteiger partial charge in [0.15, 0.2) is 5.82 Å². The molecule has 244 valence electrons. The number of likely N-dealkylation sites (N-methyl/N-ethyl adjacent to an activating group) is 1. The van der Waals surface area contributed by atoms with Crippen LogP contribution in [-0.4, -0.2) is 101 Å². The number of rotatable bonds is 10. The van der Waals surface area contributed by atoms with E-state index in [0.717, 1.165) is 64.1 Å². The van der Waals surface area contributed by atoms with Crippen LogP contribution >= 0.6 is 23.2 Å². The van der Waals surface area contributed by atoms with Crippen LogP contribution in [0.4, 0.5) is 34.5 Å². The smallest absolute Gasteiger partial charge is 0.229 e. The lowest BCUT2D eigenvalue weighted by Crippen LogP contribution is -2.46. The predicted molar refractivity (Wildman–Crippen MR) is 182 cm³/mol. The molecule has 0 amide bonds. The number of piperidine rings is 1. The van der Waals surface area contributed by atoms with E-state index in [-0.39, 0.29) is 16.8 Å². The Kier molecular flexibility index (Phi) is 10.7. The van der Waals surface area contributed by atoms with E-state index in [1.54, 1.807) is 25.3 Å². The lowest BCUT2D eigenvalue weighted by Gasteiger charge is -2.39. The van der Waals surface area contributed by atoms with Crippen molar-refractivity contribution in [3.8, 4) is 11.5 Å². The zero-order chi connectivity index (χ0) is 32.1. The molecule has 45 heavy (non-hydrogen) atoms. The van der Waals surface area contributed by atoms with Crippen molar-refractivity contribution >= 4 is 67.7 Å². The molecule has 2 saturated heterocycles. The molecule has 2 aliphatic rings. The first-order valence-corrected chi connectivity index (χ1v) is 17.4. The Morgan fingerprint density at radius 2 is 1.67 bits per heavy atom. The number of sulfonamides is 1. The van der Waals surface area contributed by atoms with Crippen LogP contribution in [0.3, 0.4) is 0 Å². The maximum absolute atomic E-state index is 11.9. The summed E-state index contributed by atoms with van der Waals surface area (Å²) >= 11 is 13.3. The molecule has 0 bridgehead atoms. The SMILES string of the molecule is COc1ccc(NS(C)(=O)=O)c(Nc2nc(Nc3cc(Cl)c(N4CCC(N5CCCN(C)CC5)CC4)cc3OC)ncc2Cl)c1. The number of benzene rings is 2. The fourth-order valence-electron chi connectivity index (χ4n) is 5.76. The summed E-state index contributed by atoms with van der Waals surface area (Å²) < 4.78 is 37.4. The summed E-state index contributed by atoms with van der Waals surface area (Å²) in [5, 5.41) is 7.09. The second-order valence-corrected chi connectivity index (χ2v) is 13.9. The van der Waals surface area contributed by atoms with Gasteiger partial charge in [0.05, 0.1) is 54.4 Å². The van der Waals surface area contributed by atoms with Gasteiger partial charge in [-0.25, -0.2) is 13.4 Å². The molecule has 0 radical (unpaired) electrons. The van der Waals surface area contributed by atoms with E-state index < -0.39 is 10.0 Å². The van der Waals surface area contributed by atoms with Gasteiger partial charge in [-0.3, -0.25) is 9.62 Å². The van der Waals surface area contributed by atoms with Gasteiger partial charge in [-0.1, -0.05) is 23.2 Å². The molecule has 0 unspecified atom stereocenters. The van der Waals surface area contributed by atoms with Gasteiger partial charge < -0.3 is 29.9 Å². The molecular formula is C30H40Cl2N8O4S. The van der Waals surface area contributed by atoms with Crippen molar-refractivity contribution in [3.63, 3.8) is 0 Å². The van der Waals surface area contributed by atoms with Gasteiger partial charge >= 0.3 is 0 Å². The van der Waals surface area contributed by atoms with Crippen LogP contribution in [0, 0.1) is 0 Å². The van der Waals surface area contributed by atoms with Crippen molar-refractivity contribution in [2.75, 3.05) is 87.0 Å². The summed E-state index contributed by atoms with van der Waals surface area (Å²) in [5.41, 5.74) is 2.21. The lowest BCUT2D eigenvalue weighted by atomic mass is 10.0. The molecule has 0 atom stereocenters. The summed E-state index contributed by atoms with van der Waals surface area (Å²) in [7, 11) is 1.78. The van der Waals surface area contributed by atoms with Crippen molar-refractivity contribution in [3.05, 3.63) is 46.6 Å². The predicted octanol–water partition coefficient (Wildman–Crippen LogP) is 5.27. The second kappa shape index (κ2) is 14.5. The Morgan fingerprint density at radius 1 is 0.889 bits per heavy atom. The van der Waals surface area contributed by atoms with Crippen molar-refractivity contribution in [2.24, 2.45) is 0 Å². The van der Waals surface area contributed by atoms with E-state index in [0.29, 0.717) is 39.6 Å². The number of hydrogen-bond donors (Lipinski definition) is 3. The summed E-state index contributed by atoms with van der Waals surface area (Å²) in [6.45, 7) is 6.40. The van der Waals surface area contributed by atoms with Gasteiger partial charge in [0.25, 0.3) is 0 Å². The second-order valence-electron chi connectivity index (χ2n) is 11.3. The first-order valence-electron chi connectivity index (χ1n) is 14.8. The maximum atomic E-state index is 11.9. The normalized spacial score (nSPS) is 17.1. The molecule has 1 aromatic heterocycles. The Hall–Kier alpha value is -3.23. The van der Waals surface area contributed by atoms with Crippen molar-refractivity contribution in [2.45, 2.75) is 25.3 Å². The van der Waals surface area contributed by atoms with Crippen LogP contribution in [-0.2, 0) is 10.0 Å². The molecule has 0 saturated carbocycles. The third kappa shape index (κ3) is 8.53. The van der Waals surface area contributed by atoms with E-state index >= 15 is 0 Å². The van der Waals surface area contributed by atoms with Gasteiger partial charge in [-0.05, 0) is 57.6 Å². The third-order valence-electron chi connectivity index (χ3n) is 8.11. The lowest BCUT2D eigenvalue weighted by molar-refractivity contribution is 0.174. The Morgan fingerprint density at radius 3 is 2.38 bits per heavy atom. The number of methoxy groups -OCH3 is 2. The average molecular weight is 680 g/mol. The molecule has 3 heterocycles. The number of nitrogens with one attached hydrogen (secondary N) is 3. The largest absolute Gasteiger partial charge is 0.497 e. The van der Waals surface area contributed by atoms with Gasteiger partial charge in [-0.15, -0.1) is 0 Å². The molecule has 15 heteroatoms. The molecule has 2 aliphatic heterocycles. The van der Waals surface area contributed by atoms with E-state index in [1.807, 2.05) is 12.1 Å². The summed E-state index contributed by atoms with van der Waals surface area (Å²) in [6, 6.07) is 9.21. The van der Waals surface area contributed by atoms with Gasteiger partial charge in [0.1, 0.15) is 16.5 Å². The van der Waals surface area contributed by atoms with Crippen LogP contribution in [0.2, 0.25) is 10.0 Å². The van der Waals surface area contributed by atoms with E-state index in [1.165, 1.54) is 19.7 Å². The molecule has 2 aromatic carbocycles. The van der Waals surface area contributed by atoms with Crippen LogP contribution in [0.5, 0.6) is 11.5 Å². The van der Waals surface area contributed by atoms with Crippen LogP contribution in [0.1, 0.15) is 19.3 Å². The fourth-order valence-corrected chi connectivity index (χ4v) is 6.76. The van der Waals surface area contributed by atoms with Crippen molar-refractivity contribution in [1.29, 1.82) is 0 Å². The number of ether oxygens (including phenoxy) is 2. The first kappa shape index (κ1) is 33.1. The number of aromatic nitrogens is 2. The van der Waals surface area contributed by atoms with E-state index in [2.05, 4.69) is 47.1 Å². The Balaban J connectivity index is 1.31. The fraction of sp³-hybridized carbons (Fsp3) is 0.467. The van der Waals surface area contributed by atoms with Crippen molar-refractivity contribution < 1.29 is 17.9 Å². The summed E-state index contributed by atoms with van der Waals surface area (Å²) in [5.74, 6) is 1.58. The maximum Gasteiger partial charge on any atom is 0.229 e. The van der Waals surface area contributed by atoms with Crippen LogP contribution < -0.4 is 29.7 Å². The highest BCUT2D eigenvalue weighted by atomic mass is 35.5. The third-order valence-corrected chi connectivity index (χ3v) is 9.28. The zero-order valence-electron chi connectivity index (χ0n) is 25.9. The average Bonchev–Trinajstić information content (AvgIpc) is 3.23. The molecular weight excluding hydrogens is 639 g/mol. The van der Waals surface area contributed by atoms with Gasteiger partial charge in [0.2, 0.25) is 16.0 Å². The molecule has 0 aliphatic carbocycles. The van der Waals surface area contributed by atoms with Gasteiger partial charge in [-0.2, -0.15) is 4.98 Å². The molecule has 3 aromatic rings. The van der Waals surface area contributed by atoms with Crippen molar-refractivity contribution in [1.82, 2.24) is 19.8 Å². The summed E-state index contributed by atoms with van der Waals surface area (Å²) in [4.78, 5) is 16.3. The first-order chi connectivity index (χ1) is 21.5. The number of anilines is 6. The minimum Gasteiger partial charge on any atom is -0.497 e. The Bertz CT molecular complexity index is 1610. The highest BCUT2D eigenvalue weighted by molar-refractivity contribution is 7.92. The highest BCUT2D eigenvalue weighted by Gasteiger charge is 2.27. The zero-order valence-corrected chi connectivity index (χ0v) is 28.3. The molecule has 12 nitrogen and oxygen atoms in total. The molecule has 3 N–H and O–H groups in total. The van der Waals surface area contributed by atoms with Crippen LogP contribution in [0.15, 0.2) is 36.5 Å². The summed E-state index contributed by atoms with van der Waals surface area (Å²) in [6.07, 6.45) is 5.91. The quantitative estimate of drug-likeness (QED) is 0.260. The molecule has 5 rings (SSSR count). The van der Waals surface area contributed by atoms with E-state index in [9.17, 15) is 8.42 Å². The number of hydrogen-bond acceptors (Lipinski definition) is 11. The molecule has 0 spiro atoms. The van der Waals surface area contributed by atoms with Gasteiger partial charge in [0, 0.05) is 44.4 Å². The number of halogens is 2. The molecule has 2 fully saturated rings. The van der Waals surface area contributed by atoms with E-state index in [4.69, 9.17) is 32.7 Å². The minimum atomic E-state index is -3.55. The van der Waals surface area contributed by atoms with Crippen LogP contribution in [0.25, 0.3) is 0 Å². The minimum absolute atomic E-state index is 0.226.